The molecule has 1 aromatic rings. The number of aryl methyl sites for hydroxylation is 2. The molecular formula is C20H38N6. The fourth-order valence-corrected chi connectivity index (χ4v) is 3.83. The van der Waals surface area contributed by atoms with Crippen molar-refractivity contribution in [2.75, 3.05) is 32.7 Å². The van der Waals surface area contributed by atoms with E-state index in [1.54, 1.807) is 0 Å². The van der Waals surface area contributed by atoms with Crippen molar-refractivity contribution in [2.45, 2.75) is 59.9 Å². The highest BCUT2D eigenvalue weighted by atomic mass is 15.3. The summed E-state index contributed by atoms with van der Waals surface area (Å²) in [6, 6.07) is 0.314. The first-order valence-electron chi connectivity index (χ1n) is 10.2. The topological polar surface area (TPSA) is 57.5 Å². The number of rotatable bonds is 8. The molecule has 6 nitrogen and oxygen atoms in total. The molecule has 1 aliphatic heterocycles. The summed E-state index contributed by atoms with van der Waals surface area (Å²) < 4.78 is 1.97. The molecule has 1 fully saturated rings. The average molecular weight is 363 g/mol. The Labute approximate surface area is 159 Å². The quantitative estimate of drug-likeness (QED) is 0.550. The second-order valence-corrected chi connectivity index (χ2v) is 7.70. The van der Waals surface area contributed by atoms with E-state index in [4.69, 9.17) is 4.99 Å². The summed E-state index contributed by atoms with van der Waals surface area (Å²) in [4.78, 5) is 7.44. The summed E-state index contributed by atoms with van der Waals surface area (Å²) in [5, 5.41) is 11.5. The molecule has 6 heteroatoms. The van der Waals surface area contributed by atoms with E-state index in [1.807, 2.05) is 11.7 Å². The van der Waals surface area contributed by atoms with Crippen LogP contribution in [-0.2, 0) is 13.5 Å². The number of nitrogens with one attached hydrogen (secondary N) is 2. The molecule has 0 bridgehead atoms. The van der Waals surface area contributed by atoms with Gasteiger partial charge in [-0.25, -0.2) is 0 Å². The van der Waals surface area contributed by atoms with E-state index in [1.165, 1.54) is 43.7 Å². The number of hydrogen-bond acceptors (Lipinski definition) is 3. The standard InChI is InChI=1S/C20H38N6/c1-7-10-26-11-9-18(14-26)13-22-20(21-8-2)23-15(3)12-19-16(4)24-25(6)17(19)5/h15,18H,7-14H2,1-6H3,(H2,21,22,23). The molecule has 0 saturated carbocycles. The first-order valence-corrected chi connectivity index (χ1v) is 10.2. The summed E-state index contributed by atoms with van der Waals surface area (Å²) >= 11 is 0. The highest BCUT2D eigenvalue weighted by Gasteiger charge is 2.21. The van der Waals surface area contributed by atoms with Gasteiger partial charge in [-0.1, -0.05) is 6.92 Å². The lowest BCUT2D eigenvalue weighted by Crippen LogP contribution is -2.43. The van der Waals surface area contributed by atoms with Crippen LogP contribution < -0.4 is 10.6 Å². The van der Waals surface area contributed by atoms with E-state index in [0.717, 1.165) is 31.2 Å². The van der Waals surface area contributed by atoms with E-state index >= 15 is 0 Å². The second-order valence-electron chi connectivity index (χ2n) is 7.70. The summed E-state index contributed by atoms with van der Waals surface area (Å²) in [5.74, 6) is 1.63. The fraction of sp³-hybridized carbons (Fsp3) is 0.800. The Balaban J connectivity index is 1.90. The molecule has 2 rings (SSSR count). The monoisotopic (exact) mass is 362 g/mol. The molecule has 2 unspecified atom stereocenters. The van der Waals surface area contributed by atoms with Gasteiger partial charge in [-0.2, -0.15) is 5.10 Å². The van der Waals surface area contributed by atoms with Gasteiger partial charge in [-0.3, -0.25) is 9.67 Å². The minimum absolute atomic E-state index is 0.314. The van der Waals surface area contributed by atoms with Crippen molar-refractivity contribution < 1.29 is 0 Å². The van der Waals surface area contributed by atoms with Gasteiger partial charge in [0.1, 0.15) is 0 Å². The Hall–Kier alpha value is -1.56. The lowest BCUT2D eigenvalue weighted by atomic mass is 10.1. The average Bonchev–Trinajstić information content (AvgIpc) is 3.13. The van der Waals surface area contributed by atoms with Crippen molar-refractivity contribution in [1.29, 1.82) is 0 Å². The van der Waals surface area contributed by atoms with E-state index in [2.05, 4.69) is 55.3 Å². The maximum atomic E-state index is 4.87. The van der Waals surface area contributed by atoms with Crippen LogP contribution in [0.3, 0.4) is 0 Å². The Kier molecular flexibility index (Phi) is 7.94. The molecule has 26 heavy (non-hydrogen) atoms. The van der Waals surface area contributed by atoms with E-state index in [0.29, 0.717) is 12.0 Å². The Morgan fingerprint density at radius 2 is 2.12 bits per heavy atom. The molecule has 0 spiro atoms. The van der Waals surface area contributed by atoms with Gasteiger partial charge in [0.15, 0.2) is 5.96 Å². The fourth-order valence-electron chi connectivity index (χ4n) is 3.83. The summed E-state index contributed by atoms with van der Waals surface area (Å²) in [5.41, 5.74) is 3.72. The number of guanidine groups is 1. The van der Waals surface area contributed by atoms with E-state index < -0.39 is 0 Å². The molecule has 0 radical (unpaired) electrons. The number of likely N-dealkylation sites (tertiary alicyclic amines) is 1. The normalized spacial score (nSPS) is 19.8. The predicted molar refractivity (Wildman–Crippen MR) is 110 cm³/mol. The van der Waals surface area contributed by atoms with Gasteiger partial charge in [-0.15, -0.1) is 0 Å². The zero-order valence-corrected chi connectivity index (χ0v) is 17.6. The molecule has 1 saturated heterocycles. The maximum absolute atomic E-state index is 4.87. The number of hydrogen-bond donors (Lipinski definition) is 2. The van der Waals surface area contributed by atoms with Gasteiger partial charge >= 0.3 is 0 Å². The van der Waals surface area contributed by atoms with Crippen molar-refractivity contribution in [3.8, 4) is 0 Å². The van der Waals surface area contributed by atoms with Crippen LogP contribution in [0, 0.1) is 19.8 Å². The molecule has 148 valence electrons. The first-order chi connectivity index (χ1) is 12.4. The Morgan fingerprint density at radius 1 is 1.35 bits per heavy atom. The third-order valence-electron chi connectivity index (χ3n) is 5.31. The minimum Gasteiger partial charge on any atom is -0.357 e. The number of aliphatic imine (C=N–C) groups is 1. The molecule has 2 atom stereocenters. The van der Waals surface area contributed by atoms with Gasteiger partial charge in [0, 0.05) is 38.4 Å². The molecule has 2 heterocycles. The van der Waals surface area contributed by atoms with E-state index in [9.17, 15) is 0 Å². The van der Waals surface area contributed by atoms with Crippen LogP contribution in [0.4, 0.5) is 0 Å². The smallest absolute Gasteiger partial charge is 0.191 e. The van der Waals surface area contributed by atoms with Crippen LogP contribution in [0.15, 0.2) is 4.99 Å². The molecule has 2 N–H and O–H groups in total. The predicted octanol–water partition coefficient (Wildman–Crippen LogP) is 2.25. The molecule has 0 aromatic carbocycles. The van der Waals surface area contributed by atoms with Crippen LogP contribution in [0.2, 0.25) is 0 Å². The highest BCUT2D eigenvalue weighted by molar-refractivity contribution is 5.80. The van der Waals surface area contributed by atoms with Gasteiger partial charge in [0.2, 0.25) is 0 Å². The molecule has 0 amide bonds. The minimum atomic E-state index is 0.314. The third kappa shape index (κ3) is 5.73. The highest BCUT2D eigenvalue weighted by Crippen LogP contribution is 2.17. The molecule has 1 aliphatic rings. The van der Waals surface area contributed by atoms with Crippen molar-refractivity contribution >= 4 is 5.96 Å². The second kappa shape index (κ2) is 9.95. The lowest BCUT2D eigenvalue weighted by Gasteiger charge is -2.19. The molecule has 1 aromatic heterocycles. The van der Waals surface area contributed by atoms with Crippen LogP contribution in [-0.4, -0.2) is 59.4 Å². The largest absolute Gasteiger partial charge is 0.357 e. The van der Waals surface area contributed by atoms with Crippen molar-refractivity contribution in [1.82, 2.24) is 25.3 Å². The van der Waals surface area contributed by atoms with Crippen LogP contribution in [0.25, 0.3) is 0 Å². The third-order valence-corrected chi connectivity index (χ3v) is 5.31. The summed E-state index contributed by atoms with van der Waals surface area (Å²) in [7, 11) is 2.01. The zero-order valence-electron chi connectivity index (χ0n) is 17.6. The number of nitrogens with zero attached hydrogens (tertiary/aromatic N) is 4. The number of aromatic nitrogens is 2. The van der Waals surface area contributed by atoms with Crippen molar-refractivity contribution in [3.05, 3.63) is 17.0 Å². The van der Waals surface area contributed by atoms with Crippen LogP contribution >= 0.6 is 0 Å². The molecule has 0 aliphatic carbocycles. The maximum Gasteiger partial charge on any atom is 0.191 e. The summed E-state index contributed by atoms with van der Waals surface area (Å²) in [6.45, 7) is 16.3. The van der Waals surface area contributed by atoms with Gasteiger partial charge in [-0.05, 0) is 71.5 Å². The summed E-state index contributed by atoms with van der Waals surface area (Å²) in [6.07, 6.45) is 3.47. The van der Waals surface area contributed by atoms with Gasteiger partial charge in [0.05, 0.1) is 5.69 Å². The Bertz CT molecular complexity index is 591. The van der Waals surface area contributed by atoms with Gasteiger partial charge < -0.3 is 15.5 Å². The van der Waals surface area contributed by atoms with E-state index in [-0.39, 0.29) is 0 Å². The van der Waals surface area contributed by atoms with Crippen LogP contribution in [0.1, 0.15) is 50.6 Å². The zero-order chi connectivity index (χ0) is 19.1. The SMILES string of the molecule is CCCN1CCC(CN=C(NCC)NC(C)Cc2c(C)nn(C)c2C)C1. The van der Waals surface area contributed by atoms with Crippen molar-refractivity contribution in [3.63, 3.8) is 0 Å². The lowest BCUT2D eigenvalue weighted by molar-refractivity contribution is 0.326. The van der Waals surface area contributed by atoms with Gasteiger partial charge in [0.25, 0.3) is 0 Å². The molecular weight excluding hydrogens is 324 g/mol. The van der Waals surface area contributed by atoms with Crippen molar-refractivity contribution in [2.24, 2.45) is 18.0 Å². The Morgan fingerprint density at radius 3 is 2.73 bits per heavy atom. The van der Waals surface area contributed by atoms with Crippen LogP contribution in [0.5, 0.6) is 0 Å². The first kappa shape index (κ1) is 20.7.